The van der Waals surface area contributed by atoms with Crippen molar-refractivity contribution in [1.82, 2.24) is 4.98 Å². The van der Waals surface area contributed by atoms with Gasteiger partial charge in [0, 0.05) is 16.9 Å². The van der Waals surface area contributed by atoms with Gasteiger partial charge in [0.15, 0.2) is 12.4 Å². The number of ether oxygens (including phenoxy) is 1. The Kier molecular flexibility index (Phi) is 4.95. The number of esters is 1. The number of carbonyl (C=O) groups is 3. The van der Waals surface area contributed by atoms with Crippen molar-refractivity contribution in [3.8, 4) is 0 Å². The van der Waals surface area contributed by atoms with Gasteiger partial charge in [0.25, 0.3) is 5.91 Å². The maximum Gasteiger partial charge on any atom is 0.355 e. The summed E-state index contributed by atoms with van der Waals surface area (Å²) in [6.07, 6.45) is 0. The van der Waals surface area contributed by atoms with E-state index in [1.165, 1.54) is 6.92 Å². The summed E-state index contributed by atoms with van der Waals surface area (Å²) < 4.78 is 5.00. The molecule has 0 radical (unpaired) electrons. The number of aromatic amines is 1. The zero-order valence-corrected chi connectivity index (χ0v) is 13.2. The van der Waals surface area contributed by atoms with E-state index in [0.717, 1.165) is 0 Å². The second kappa shape index (κ2) is 6.91. The molecular formula is C17H18N2O4. The summed E-state index contributed by atoms with van der Waals surface area (Å²) in [6, 6.07) is 8.87. The first kappa shape index (κ1) is 16.5. The molecule has 0 spiro atoms. The molecule has 2 rings (SSSR count). The maximum absolute atomic E-state index is 12.1. The summed E-state index contributed by atoms with van der Waals surface area (Å²) in [6.45, 7) is 4.41. The highest BCUT2D eigenvalue weighted by molar-refractivity contribution is 6.01. The highest BCUT2D eigenvalue weighted by Crippen LogP contribution is 2.19. The number of nitrogens with one attached hydrogen (secondary N) is 2. The molecule has 1 aromatic carbocycles. The smallest absolute Gasteiger partial charge is 0.355 e. The van der Waals surface area contributed by atoms with E-state index in [-0.39, 0.29) is 11.5 Å². The monoisotopic (exact) mass is 314 g/mol. The van der Waals surface area contributed by atoms with Crippen LogP contribution in [0.25, 0.3) is 0 Å². The Balaban J connectivity index is 1.99. The quantitative estimate of drug-likeness (QED) is 0.656. The van der Waals surface area contributed by atoms with E-state index >= 15 is 0 Å². The molecule has 0 unspecified atom stereocenters. The second-order valence-electron chi connectivity index (χ2n) is 5.17. The largest absolute Gasteiger partial charge is 0.451 e. The van der Waals surface area contributed by atoms with E-state index in [0.29, 0.717) is 22.5 Å². The Morgan fingerprint density at radius 1 is 1.13 bits per heavy atom. The fourth-order valence-corrected chi connectivity index (χ4v) is 2.40. The zero-order chi connectivity index (χ0) is 17.0. The molecule has 1 aromatic heterocycles. The number of anilines is 1. The number of hydrogen-bond donors (Lipinski definition) is 2. The fourth-order valence-electron chi connectivity index (χ4n) is 2.40. The van der Waals surface area contributed by atoms with Crippen LogP contribution in [0.3, 0.4) is 0 Å². The molecule has 1 amide bonds. The van der Waals surface area contributed by atoms with Crippen molar-refractivity contribution < 1.29 is 19.1 Å². The molecule has 23 heavy (non-hydrogen) atoms. The molecule has 0 aliphatic carbocycles. The van der Waals surface area contributed by atoms with Crippen molar-refractivity contribution in [2.24, 2.45) is 0 Å². The first-order chi connectivity index (χ1) is 10.9. The van der Waals surface area contributed by atoms with Crippen LogP contribution in [0.15, 0.2) is 30.3 Å². The number of Topliss-reactive ketones (excluding diaryl/α,β-unsaturated/α-hetero) is 1. The molecule has 120 valence electrons. The Bertz CT molecular complexity index is 747. The van der Waals surface area contributed by atoms with Crippen molar-refractivity contribution >= 4 is 23.3 Å². The minimum absolute atomic E-state index is 0.128. The Morgan fingerprint density at radius 3 is 2.35 bits per heavy atom. The number of aromatic nitrogens is 1. The number of H-pyrrole nitrogens is 1. The Hall–Kier alpha value is -2.89. The third-order valence-corrected chi connectivity index (χ3v) is 3.39. The van der Waals surface area contributed by atoms with Crippen LogP contribution in [0.2, 0.25) is 0 Å². The van der Waals surface area contributed by atoms with Crippen LogP contribution in [0.5, 0.6) is 0 Å². The van der Waals surface area contributed by atoms with Crippen LogP contribution in [0.1, 0.15) is 39.0 Å². The van der Waals surface area contributed by atoms with Crippen LogP contribution in [-0.2, 0) is 9.53 Å². The molecule has 2 N–H and O–H groups in total. The lowest BCUT2D eigenvalue weighted by Gasteiger charge is -2.06. The lowest BCUT2D eigenvalue weighted by atomic mass is 10.1. The Labute approximate surface area is 133 Å². The standard InChI is InChI=1S/C17H18N2O4/c1-10-15(12(3)20)11(2)18-16(10)17(22)23-9-14(21)19-13-7-5-4-6-8-13/h4-8,18H,9H2,1-3H3,(H,19,21). The number of aryl methyl sites for hydroxylation is 1. The third kappa shape index (κ3) is 3.85. The van der Waals surface area contributed by atoms with E-state index in [2.05, 4.69) is 10.3 Å². The zero-order valence-electron chi connectivity index (χ0n) is 13.2. The molecule has 0 aliphatic heterocycles. The molecule has 1 heterocycles. The second-order valence-corrected chi connectivity index (χ2v) is 5.17. The molecule has 0 atom stereocenters. The van der Waals surface area contributed by atoms with E-state index in [4.69, 9.17) is 4.74 Å². The van der Waals surface area contributed by atoms with Crippen LogP contribution in [0, 0.1) is 13.8 Å². The fraction of sp³-hybridized carbons (Fsp3) is 0.235. The minimum atomic E-state index is -0.665. The third-order valence-electron chi connectivity index (χ3n) is 3.39. The molecule has 6 heteroatoms. The summed E-state index contributed by atoms with van der Waals surface area (Å²) in [7, 11) is 0. The van der Waals surface area contributed by atoms with Crippen molar-refractivity contribution in [2.45, 2.75) is 20.8 Å². The average molecular weight is 314 g/mol. The number of amides is 1. The van der Waals surface area contributed by atoms with Gasteiger partial charge in [-0.1, -0.05) is 18.2 Å². The van der Waals surface area contributed by atoms with Crippen LogP contribution < -0.4 is 5.32 Å². The summed E-state index contributed by atoms with van der Waals surface area (Å²) in [4.78, 5) is 38.2. The highest BCUT2D eigenvalue weighted by atomic mass is 16.5. The predicted octanol–water partition coefficient (Wildman–Crippen LogP) is 2.63. The number of ketones is 1. The van der Waals surface area contributed by atoms with Crippen molar-refractivity contribution in [2.75, 3.05) is 11.9 Å². The van der Waals surface area contributed by atoms with Crippen LogP contribution in [-0.4, -0.2) is 29.3 Å². The summed E-state index contributed by atoms with van der Waals surface area (Å²) in [5.41, 5.74) is 2.43. The van der Waals surface area contributed by atoms with Crippen molar-refractivity contribution in [3.05, 3.63) is 52.8 Å². The SMILES string of the molecule is CC(=O)c1c(C)[nH]c(C(=O)OCC(=O)Nc2ccccc2)c1C. The van der Waals surface area contributed by atoms with E-state index in [1.54, 1.807) is 38.1 Å². The highest BCUT2D eigenvalue weighted by Gasteiger charge is 2.21. The number of benzene rings is 1. The van der Waals surface area contributed by atoms with E-state index in [9.17, 15) is 14.4 Å². The number of para-hydroxylation sites is 1. The van der Waals surface area contributed by atoms with Gasteiger partial charge in [-0.05, 0) is 38.5 Å². The molecule has 0 saturated heterocycles. The van der Waals surface area contributed by atoms with Crippen molar-refractivity contribution in [3.63, 3.8) is 0 Å². The van der Waals surface area contributed by atoms with Gasteiger partial charge >= 0.3 is 5.97 Å². The first-order valence-electron chi connectivity index (χ1n) is 7.12. The predicted molar refractivity (Wildman–Crippen MR) is 85.6 cm³/mol. The number of rotatable bonds is 5. The molecular weight excluding hydrogens is 296 g/mol. The van der Waals surface area contributed by atoms with E-state index < -0.39 is 18.5 Å². The molecule has 0 saturated carbocycles. The van der Waals surface area contributed by atoms with Gasteiger partial charge in [0.1, 0.15) is 5.69 Å². The van der Waals surface area contributed by atoms with Gasteiger partial charge in [0.2, 0.25) is 0 Å². The van der Waals surface area contributed by atoms with Gasteiger partial charge in [-0.2, -0.15) is 0 Å². The Morgan fingerprint density at radius 2 is 1.78 bits per heavy atom. The molecule has 6 nitrogen and oxygen atoms in total. The topological polar surface area (TPSA) is 88.3 Å². The average Bonchev–Trinajstić information content (AvgIpc) is 2.81. The first-order valence-corrected chi connectivity index (χ1v) is 7.12. The molecule has 0 aliphatic rings. The molecule has 0 fully saturated rings. The summed E-state index contributed by atoms with van der Waals surface area (Å²) in [5, 5.41) is 2.62. The number of hydrogen-bond acceptors (Lipinski definition) is 4. The van der Waals surface area contributed by atoms with Gasteiger partial charge in [-0.25, -0.2) is 4.79 Å². The molecule has 0 bridgehead atoms. The summed E-state index contributed by atoms with van der Waals surface area (Å²) >= 11 is 0. The number of carbonyl (C=O) groups excluding carboxylic acids is 3. The van der Waals surface area contributed by atoms with Crippen molar-refractivity contribution in [1.29, 1.82) is 0 Å². The summed E-state index contributed by atoms with van der Waals surface area (Å²) in [5.74, 6) is -1.23. The lowest BCUT2D eigenvalue weighted by molar-refractivity contribution is -0.119. The minimum Gasteiger partial charge on any atom is -0.451 e. The van der Waals surface area contributed by atoms with E-state index in [1.807, 2.05) is 6.07 Å². The van der Waals surface area contributed by atoms with Gasteiger partial charge in [-0.3, -0.25) is 9.59 Å². The van der Waals surface area contributed by atoms with Gasteiger partial charge in [-0.15, -0.1) is 0 Å². The van der Waals surface area contributed by atoms with Crippen LogP contribution >= 0.6 is 0 Å². The maximum atomic E-state index is 12.1. The lowest BCUT2D eigenvalue weighted by Crippen LogP contribution is -2.21. The van der Waals surface area contributed by atoms with Gasteiger partial charge < -0.3 is 15.0 Å². The van der Waals surface area contributed by atoms with Gasteiger partial charge in [0.05, 0.1) is 0 Å². The normalized spacial score (nSPS) is 10.2. The molecule has 2 aromatic rings. The van der Waals surface area contributed by atoms with Crippen LogP contribution in [0.4, 0.5) is 5.69 Å².